The van der Waals surface area contributed by atoms with Gasteiger partial charge in [-0.2, -0.15) is 0 Å². The van der Waals surface area contributed by atoms with Crippen molar-refractivity contribution in [2.45, 2.75) is 26.8 Å². The van der Waals surface area contributed by atoms with Crippen molar-refractivity contribution in [1.82, 2.24) is 5.43 Å². The van der Waals surface area contributed by atoms with Crippen molar-refractivity contribution in [3.05, 3.63) is 22.1 Å². The Kier molecular flexibility index (Phi) is 3.05. The zero-order chi connectivity index (χ0) is 10.1. The van der Waals surface area contributed by atoms with Crippen molar-refractivity contribution in [3.8, 4) is 0 Å². The van der Waals surface area contributed by atoms with E-state index in [2.05, 4.69) is 5.43 Å². The Morgan fingerprint density at radius 3 is 2.46 bits per heavy atom. The van der Waals surface area contributed by atoms with Crippen molar-refractivity contribution in [2.24, 2.45) is 11.3 Å². The van der Waals surface area contributed by atoms with Crippen molar-refractivity contribution in [3.63, 3.8) is 0 Å². The SMILES string of the molecule is CC(C)(C)C(NN)c1sccc1F. The first-order valence-electron chi connectivity index (χ1n) is 4.16. The smallest absolute Gasteiger partial charge is 0.138 e. The molecule has 0 saturated heterocycles. The van der Waals surface area contributed by atoms with Crippen LogP contribution in [-0.4, -0.2) is 0 Å². The van der Waals surface area contributed by atoms with Gasteiger partial charge in [-0.05, 0) is 16.9 Å². The van der Waals surface area contributed by atoms with Gasteiger partial charge in [-0.1, -0.05) is 20.8 Å². The molecule has 2 nitrogen and oxygen atoms in total. The van der Waals surface area contributed by atoms with Crippen LogP contribution in [0, 0.1) is 11.2 Å². The molecule has 74 valence electrons. The summed E-state index contributed by atoms with van der Waals surface area (Å²) in [5.74, 6) is 5.23. The topological polar surface area (TPSA) is 38.0 Å². The number of nitrogens with two attached hydrogens (primary N) is 1. The molecular weight excluding hydrogens is 187 g/mol. The molecule has 1 rings (SSSR count). The number of thiophene rings is 1. The van der Waals surface area contributed by atoms with Crippen molar-refractivity contribution in [1.29, 1.82) is 0 Å². The largest absolute Gasteiger partial charge is 0.271 e. The van der Waals surface area contributed by atoms with E-state index in [4.69, 9.17) is 5.84 Å². The lowest BCUT2D eigenvalue weighted by atomic mass is 9.86. The number of rotatable bonds is 2. The Bertz CT molecular complexity index is 277. The van der Waals surface area contributed by atoms with Crippen LogP contribution in [0.5, 0.6) is 0 Å². The fourth-order valence-corrected chi connectivity index (χ4v) is 2.30. The van der Waals surface area contributed by atoms with Gasteiger partial charge in [-0.3, -0.25) is 11.3 Å². The predicted molar refractivity (Wildman–Crippen MR) is 53.8 cm³/mol. The lowest BCUT2D eigenvalue weighted by Gasteiger charge is -2.29. The highest BCUT2D eigenvalue weighted by molar-refractivity contribution is 7.10. The van der Waals surface area contributed by atoms with E-state index in [1.54, 1.807) is 5.38 Å². The molecule has 0 aliphatic rings. The molecule has 0 fully saturated rings. The third kappa shape index (κ3) is 2.27. The van der Waals surface area contributed by atoms with Gasteiger partial charge in [0, 0.05) is 0 Å². The molecule has 0 radical (unpaired) electrons. The highest BCUT2D eigenvalue weighted by Gasteiger charge is 2.28. The lowest BCUT2D eigenvalue weighted by molar-refractivity contribution is 0.273. The van der Waals surface area contributed by atoms with E-state index in [1.807, 2.05) is 20.8 Å². The molecule has 0 aromatic carbocycles. The van der Waals surface area contributed by atoms with Gasteiger partial charge in [0.05, 0.1) is 10.9 Å². The normalized spacial score (nSPS) is 14.5. The van der Waals surface area contributed by atoms with E-state index >= 15 is 0 Å². The van der Waals surface area contributed by atoms with E-state index < -0.39 is 0 Å². The summed E-state index contributed by atoms with van der Waals surface area (Å²) in [4.78, 5) is 0.676. The average Bonchev–Trinajstić information content (AvgIpc) is 2.35. The van der Waals surface area contributed by atoms with Crippen LogP contribution < -0.4 is 11.3 Å². The number of nitrogens with one attached hydrogen (secondary N) is 1. The molecule has 0 aliphatic carbocycles. The fourth-order valence-electron chi connectivity index (χ4n) is 1.23. The van der Waals surface area contributed by atoms with Crippen molar-refractivity contribution < 1.29 is 4.39 Å². The van der Waals surface area contributed by atoms with E-state index in [1.165, 1.54) is 17.4 Å². The number of hydrogen-bond donors (Lipinski definition) is 2. The van der Waals surface area contributed by atoms with Crippen molar-refractivity contribution in [2.75, 3.05) is 0 Å². The summed E-state index contributed by atoms with van der Waals surface area (Å²) in [6, 6.07) is 1.34. The van der Waals surface area contributed by atoms with Crippen LogP contribution in [0.15, 0.2) is 11.4 Å². The standard InChI is InChI=1S/C9H15FN2S/c1-9(2,3)8(12-11)7-6(10)4-5-13-7/h4-5,8,12H,11H2,1-3H3. The highest BCUT2D eigenvalue weighted by Crippen LogP contribution is 2.35. The maximum Gasteiger partial charge on any atom is 0.138 e. The van der Waals surface area contributed by atoms with Gasteiger partial charge < -0.3 is 0 Å². The molecule has 1 atom stereocenters. The average molecular weight is 202 g/mol. The Hall–Kier alpha value is -0.450. The first-order chi connectivity index (χ1) is 5.96. The lowest BCUT2D eigenvalue weighted by Crippen LogP contribution is -2.36. The summed E-state index contributed by atoms with van der Waals surface area (Å²) in [7, 11) is 0. The number of hydrazine groups is 1. The quantitative estimate of drug-likeness (QED) is 0.571. The number of halogens is 1. The molecule has 0 bridgehead atoms. The van der Waals surface area contributed by atoms with Gasteiger partial charge in [0.2, 0.25) is 0 Å². The van der Waals surface area contributed by atoms with Crippen LogP contribution in [0.3, 0.4) is 0 Å². The second-order valence-corrected chi connectivity index (χ2v) is 5.05. The summed E-state index contributed by atoms with van der Waals surface area (Å²) in [5, 5.41) is 1.74. The van der Waals surface area contributed by atoms with Crippen molar-refractivity contribution >= 4 is 11.3 Å². The third-order valence-electron chi connectivity index (χ3n) is 1.94. The Morgan fingerprint density at radius 2 is 2.15 bits per heavy atom. The minimum absolute atomic E-state index is 0.0829. The summed E-state index contributed by atoms with van der Waals surface area (Å²) < 4.78 is 13.2. The van der Waals surface area contributed by atoms with Crippen LogP contribution >= 0.6 is 11.3 Å². The van der Waals surface area contributed by atoms with Crippen LogP contribution in [0.25, 0.3) is 0 Å². The Labute approximate surface area is 81.9 Å². The van der Waals surface area contributed by atoms with Crippen LogP contribution in [0.1, 0.15) is 31.7 Å². The Balaban J connectivity index is 2.98. The molecule has 0 aliphatic heterocycles. The summed E-state index contributed by atoms with van der Waals surface area (Å²) in [5.41, 5.74) is 2.57. The zero-order valence-corrected chi connectivity index (χ0v) is 8.91. The summed E-state index contributed by atoms with van der Waals surface area (Å²) in [6.07, 6.45) is 0. The molecule has 1 aromatic heterocycles. The second kappa shape index (κ2) is 3.74. The van der Waals surface area contributed by atoms with Gasteiger partial charge in [-0.15, -0.1) is 11.3 Å². The van der Waals surface area contributed by atoms with Crippen LogP contribution in [-0.2, 0) is 0 Å². The van der Waals surface area contributed by atoms with Crippen LogP contribution in [0.2, 0.25) is 0 Å². The first-order valence-corrected chi connectivity index (χ1v) is 5.04. The van der Waals surface area contributed by atoms with E-state index in [-0.39, 0.29) is 17.3 Å². The van der Waals surface area contributed by atoms with E-state index in [9.17, 15) is 4.39 Å². The molecule has 3 N–H and O–H groups in total. The van der Waals surface area contributed by atoms with Gasteiger partial charge in [0.25, 0.3) is 0 Å². The van der Waals surface area contributed by atoms with Crippen LogP contribution in [0.4, 0.5) is 4.39 Å². The molecule has 0 saturated carbocycles. The third-order valence-corrected chi connectivity index (χ3v) is 2.90. The number of hydrogen-bond acceptors (Lipinski definition) is 3. The van der Waals surface area contributed by atoms with Gasteiger partial charge in [0.15, 0.2) is 0 Å². The van der Waals surface area contributed by atoms with E-state index in [0.29, 0.717) is 4.88 Å². The molecule has 1 aromatic rings. The molecule has 1 unspecified atom stereocenters. The minimum atomic E-state index is -0.178. The Morgan fingerprint density at radius 1 is 1.54 bits per heavy atom. The monoisotopic (exact) mass is 202 g/mol. The predicted octanol–water partition coefficient (Wildman–Crippen LogP) is 2.44. The van der Waals surface area contributed by atoms with Gasteiger partial charge in [-0.25, -0.2) is 4.39 Å². The summed E-state index contributed by atoms with van der Waals surface area (Å²) in [6.45, 7) is 6.07. The zero-order valence-electron chi connectivity index (χ0n) is 8.10. The molecular formula is C9H15FN2S. The first kappa shape index (κ1) is 10.6. The fraction of sp³-hybridized carbons (Fsp3) is 0.556. The molecule has 0 spiro atoms. The molecule has 0 amide bonds. The molecule has 13 heavy (non-hydrogen) atoms. The maximum absolute atomic E-state index is 13.2. The molecule has 4 heteroatoms. The van der Waals surface area contributed by atoms with Gasteiger partial charge in [0.1, 0.15) is 5.82 Å². The highest BCUT2D eigenvalue weighted by atomic mass is 32.1. The second-order valence-electron chi connectivity index (χ2n) is 4.10. The summed E-state index contributed by atoms with van der Waals surface area (Å²) >= 11 is 1.39. The maximum atomic E-state index is 13.2. The van der Waals surface area contributed by atoms with Gasteiger partial charge >= 0.3 is 0 Å². The van der Waals surface area contributed by atoms with E-state index in [0.717, 1.165) is 0 Å². The molecule has 1 heterocycles. The minimum Gasteiger partial charge on any atom is -0.271 e.